The number of carboxylic acids is 2. The number of carbonyl (C=O) groups excluding carboxylic acids is 2. The molecule has 0 heterocycles. The molecular formula is C12H18CaO4. The van der Waals surface area contributed by atoms with E-state index in [0.717, 1.165) is 51.4 Å². The summed E-state index contributed by atoms with van der Waals surface area (Å²) in [5, 5.41) is 20.2. The van der Waals surface area contributed by atoms with E-state index in [0.29, 0.717) is 0 Å². The van der Waals surface area contributed by atoms with Gasteiger partial charge in [0.25, 0.3) is 0 Å². The Kier molecular flexibility index (Phi) is 9.28. The molecule has 5 heteroatoms. The van der Waals surface area contributed by atoms with Gasteiger partial charge in [-0.05, 0) is 37.5 Å². The van der Waals surface area contributed by atoms with Crippen LogP contribution in [-0.2, 0) is 9.59 Å². The predicted octanol–water partition coefficient (Wildman–Crippen LogP) is -0.528. The van der Waals surface area contributed by atoms with Crippen LogP contribution < -0.4 is 10.2 Å². The Bertz CT molecular complexity index is 217. The normalized spacial score (nSPS) is 20.2. The van der Waals surface area contributed by atoms with Crippen molar-refractivity contribution in [1.29, 1.82) is 0 Å². The second-order valence-electron chi connectivity index (χ2n) is 4.60. The second kappa shape index (κ2) is 9.17. The molecule has 0 atom stereocenters. The maximum absolute atomic E-state index is 10.1. The summed E-state index contributed by atoms with van der Waals surface area (Å²) in [5.74, 6) is -1.98. The Labute approximate surface area is 132 Å². The molecule has 0 aromatic carbocycles. The van der Waals surface area contributed by atoms with Gasteiger partial charge in [0.05, 0.1) is 0 Å². The third kappa shape index (κ3) is 6.63. The summed E-state index contributed by atoms with van der Waals surface area (Å²) in [5.41, 5.74) is 0. The first-order valence-electron chi connectivity index (χ1n) is 6.03. The Morgan fingerprint density at radius 1 is 0.706 bits per heavy atom. The van der Waals surface area contributed by atoms with Crippen LogP contribution in [-0.4, -0.2) is 49.7 Å². The zero-order chi connectivity index (χ0) is 12.0. The SMILES string of the molecule is O=C([O-])C1CCCC1.O=C([O-])C1CCCC1.[Ca+2]. The van der Waals surface area contributed by atoms with Crippen LogP contribution >= 0.6 is 0 Å². The zero-order valence-electron chi connectivity index (χ0n) is 10.2. The van der Waals surface area contributed by atoms with Crippen LogP contribution in [0.25, 0.3) is 0 Å². The summed E-state index contributed by atoms with van der Waals surface area (Å²) in [7, 11) is 0. The van der Waals surface area contributed by atoms with Gasteiger partial charge in [-0.2, -0.15) is 0 Å². The zero-order valence-corrected chi connectivity index (χ0v) is 12.4. The molecule has 0 spiro atoms. The third-order valence-corrected chi connectivity index (χ3v) is 3.38. The van der Waals surface area contributed by atoms with Gasteiger partial charge in [-0.1, -0.05) is 25.7 Å². The van der Waals surface area contributed by atoms with E-state index in [2.05, 4.69) is 0 Å². The molecule has 4 nitrogen and oxygen atoms in total. The van der Waals surface area contributed by atoms with Crippen LogP contribution in [0.15, 0.2) is 0 Å². The summed E-state index contributed by atoms with van der Waals surface area (Å²) in [6.07, 6.45) is 7.61. The van der Waals surface area contributed by atoms with Crippen molar-refractivity contribution in [2.45, 2.75) is 51.4 Å². The van der Waals surface area contributed by atoms with E-state index >= 15 is 0 Å². The van der Waals surface area contributed by atoms with Gasteiger partial charge in [0.15, 0.2) is 0 Å². The monoisotopic (exact) mass is 266 g/mol. The predicted molar refractivity (Wildman–Crippen MR) is 59.7 cm³/mol. The minimum Gasteiger partial charge on any atom is -0.550 e. The largest absolute Gasteiger partial charge is 2.00 e. The van der Waals surface area contributed by atoms with Crippen molar-refractivity contribution in [2.75, 3.05) is 0 Å². The van der Waals surface area contributed by atoms with Crippen LogP contribution in [0.1, 0.15) is 51.4 Å². The fraction of sp³-hybridized carbons (Fsp3) is 0.833. The molecule has 2 saturated carbocycles. The first-order valence-corrected chi connectivity index (χ1v) is 6.03. The Morgan fingerprint density at radius 3 is 1.06 bits per heavy atom. The average molecular weight is 266 g/mol. The Balaban J connectivity index is 0.000000284. The first kappa shape index (κ1) is 17.2. The fourth-order valence-corrected chi connectivity index (χ4v) is 2.32. The standard InChI is InChI=1S/2C6H10O2.Ca/c2*7-6(8)5-3-1-2-4-5;/h2*5H,1-4H2,(H,7,8);/q;;+2/p-2. The van der Waals surface area contributed by atoms with E-state index in [1.165, 1.54) is 0 Å². The topological polar surface area (TPSA) is 80.3 Å². The molecule has 0 radical (unpaired) electrons. The second-order valence-corrected chi connectivity index (χ2v) is 4.60. The number of aliphatic carboxylic acids is 2. The van der Waals surface area contributed by atoms with Crippen molar-refractivity contribution < 1.29 is 19.8 Å². The summed E-state index contributed by atoms with van der Waals surface area (Å²) in [6, 6.07) is 0. The minimum atomic E-state index is -0.859. The van der Waals surface area contributed by atoms with Gasteiger partial charge in [-0.15, -0.1) is 0 Å². The first-order chi connectivity index (χ1) is 7.61. The van der Waals surface area contributed by atoms with Gasteiger partial charge >= 0.3 is 37.7 Å². The number of hydrogen-bond acceptors (Lipinski definition) is 4. The smallest absolute Gasteiger partial charge is 0.550 e. The van der Waals surface area contributed by atoms with E-state index < -0.39 is 11.9 Å². The molecule has 0 bridgehead atoms. The molecule has 0 aromatic rings. The van der Waals surface area contributed by atoms with E-state index in [4.69, 9.17) is 0 Å². The molecule has 0 aromatic heterocycles. The van der Waals surface area contributed by atoms with Crippen molar-refractivity contribution in [3.63, 3.8) is 0 Å². The van der Waals surface area contributed by atoms with E-state index in [9.17, 15) is 19.8 Å². The van der Waals surface area contributed by atoms with Gasteiger partial charge in [0.2, 0.25) is 0 Å². The number of carbonyl (C=O) groups is 2. The summed E-state index contributed by atoms with van der Waals surface area (Å²) in [6.45, 7) is 0. The van der Waals surface area contributed by atoms with Gasteiger partial charge in [-0.25, -0.2) is 0 Å². The van der Waals surface area contributed by atoms with Crippen molar-refractivity contribution in [2.24, 2.45) is 11.8 Å². The van der Waals surface area contributed by atoms with Gasteiger partial charge < -0.3 is 19.8 Å². The third-order valence-electron chi connectivity index (χ3n) is 3.38. The molecule has 2 rings (SSSR count). The van der Waals surface area contributed by atoms with Gasteiger partial charge in [0, 0.05) is 11.9 Å². The molecule has 0 amide bonds. The van der Waals surface area contributed by atoms with Gasteiger partial charge in [-0.3, -0.25) is 0 Å². The fourth-order valence-electron chi connectivity index (χ4n) is 2.32. The van der Waals surface area contributed by atoms with Gasteiger partial charge in [0.1, 0.15) is 0 Å². The molecule has 92 valence electrons. The maximum Gasteiger partial charge on any atom is 2.00 e. The van der Waals surface area contributed by atoms with Crippen molar-refractivity contribution >= 4 is 49.7 Å². The molecule has 0 N–H and O–H groups in total. The molecule has 0 aliphatic heterocycles. The van der Waals surface area contributed by atoms with Crippen molar-refractivity contribution in [1.82, 2.24) is 0 Å². The van der Waals surface area contributed by atoms with E-state index in [-0.39, 0.29) is 49.6 Å². The number of hydrogen-bond donors (Lipinski definition) is 0. The van der Waals surface area contributed by atoms with Crippen LogP contribution in [0.3, 0.4) is 0 Å². The molecule has 0 saturated heterocycles. The molecule has 2 aliphatic rings. The Hall–Kier alpha value is 0.200. The molecule has 17 heavy (non-hydrogen) atoms. The van der Waals surface area contributed by atoms with Crippen LogP contribution in [0.2, 0.25) is 0 Å². The van der Waals surface area contributed by atoms with Crippen LogP contribution in [0.4, 0.5) is 0 Å². The number of rotatable bonds is 2. The quantitative estimate of drug-likeness (QED) is 0.629. The molecular weight excluding hydrogens is 248 g/mol. The summed E-state index contributed by atoms with van der Waals surface area (Å²) in [4.78, 5) is 20.2. The molecule has 0 unspecified atom stereocenters. The van der Waals surface area contributed by atoms with Crippen LogP contribution in [0.5, 0.6) is 0 Å². The summed E-state index contributed by atoms with van der Waals surface area (Å²) >= 11 is 0. The van der Waals surface area contributed by atoms with Crippen molar-refractivity contribution in [3.8, 4) is 0 Å². The maximum atomic E-state index is 10.1. The van der Waals surface area contributed by atoms with E-state index in [1.54, 1.807) is 0 Å². The Morgan fingerprint density at radius 2 is 0.941 bits per heavy atom. The number of carboxylic acid groups (broad SMARTS) is 2. The van der Waals surface area contributed by atoms with Crippen molar-refractivity contribution in [3.05, 3.63) is 0 Å². The molecule has 2 aliphatic carbocycles. The van der Waals surface area contributed by atoms with E-state index in [1.807, 2.05) is 0 Å². The average Bonchev–Trinajstić information content (AvgIpc) is 2.93. The summed E-state index contributed by atoms with van der Waals surface area (Å²) < 4.78 is 0. The van der Waals surface area contributed by atoms with Crippen LogP contribution in [0, 0.1) is 11.8 Å². The molecule has 2 fully saturated rings. The minimum absolute atomic E-state index is 0.